The number of ether oxygens (including phenoxy) is 1. The lowest BCUT2D eigenvalue weighted by Gasteiger charge is -2.23. The minimum Gasteiger partial charge on any atom is -0.495 e. The normalized spacial score (nSPS) is 19.3. The van der Waals surface area contributed by atoms with Crippen LogP contribution in [0.25, 0.3) is 0 Å². The molecule has 0 bridgehead atoms. The Morgan fingerprint density at radius 2 is 1.89 bits per heavy atom. The van der Waals surface area contributed by atoms with Gasteiger partial charge in [0.2, 0.25) is 0 Å². The first kappa shape index (κ1) is 13.7. The van der Waals surface area contributed by atoms with Gasteiger partial charge < -0.3 is 10.5 Å². The van der Waals surface area contributed by atoms with Gasteiger partial charge in [0.05, 0.1) is 12.1 Å². The van der Waals surface area contributed by atoms with E-state index in [1.54, 1.807) is 7.11 Å². The molecule has 1 aliphatic carbocycles. The Kier molecular flexibility index (Phi) is 4.90. The maximum absolute atomic E-state index is 6.41. The van der Waals surface area contributed by atoms with Gasteiger partial charge in [0.15, 0.2) is 0 Å². The number of halogens is 1. The van der Waals surface area contributed by atoms with Gasteiger partial charge in [0, 0.05) is 6.04 Å². The van der Waals surface area contributed by atoms with Crippen molar-refractivity contribution in [1.29, 1.82) is 0 Å². The molecule has 1 aromatic carbocycles. The summed E-state index contributed by atoms with van der Waals surface area (Å²) < 4.78 is 5.26. The highest BCUT2D eigenvalue weighted by Crippen LogP contribution is 2.34. The van der Waals surface area contributed by atoms with E-state index in [1.165, 1.54) is 38.5 Å². The van der Waals surface area contributed by atoms with Crippen LogP contribution < -0.4 is 10.5 Å². The fraction of sp³-hybridized carbons (Fsp3) is 0.600. The first-order chi connectivity index (χ1) is 8.72. The highest BCUT2D eigenvalue weighted by Gasteiger charge is 2.21. The van der Waals surface area contributed by atoms with Gasteiger partial charge in [-0.1, -0.05) is 43.4 Å². The minimum absolute atomic E-state index is 0.106. The average Bonchev–Trinajstić information content (AvgIpc) is 2.67. The van der Waals surface area contributed by atoms with Crippen molar-refractivity contribution in [1.82, 2.24) is 0 Å². The molecule has 0 aromatic heterocycles. The molecule has 2 N–H and O–H groups in total. The zero-order valence-electron chi connectivity index (χ0n) is 11.0. The van der Waals surface area contributed by atoms with Gasteiger partial charge in [-0.3, -0.25) is 0 Å². The molecular formula is C15H22ClNO. The van der Waals surface area contributed by atoms with Crippen LogP contribution in [0.3, 0.4) is 0 Å². The zero-order valence-corrected chi connectivity index (χ0v) is 11.7. The Labute approximate surface area is 114 Å². The summed E-state index contributed by atoms with van der Waals surface area (Å²) in [7, 11) is 1.64. The topological polar surface area (TPSA) is 35.2 Å². The lowest BCUT2D eigenvalue weighted by Crippen LogP contribution is -2.21. The Hall–Kier alpha value is -0.730. The Balaban J connectivity index is 2.13. The van der Waals surface area contributed by atoms with E-state index in [1.807, 2.05) is 18.2 Å². The predicted molar refractivity (Wildman–Crippen MR) is 76.1 cm³/mol. The molecular weight excluding hydrogens is 246 g/mol. The molecule has 0 heterocycles. The minimum atomic E-state index is 0.106. The van der Waals surface area contributed by atoms with E-state index in [2.05, 4.69) is 0 Å². The quantitative estimate of drug-likeness (QED) is 0.828. The van der Waals surface area contributed by atoms with Crippen molar-refractivity contribution in [2.45, 2.75) is 44.6 Å². The molecule has 1 aromatic rings. The van der Waals surface area contributed by atoms with Crippen molar-refractivity contribution in [3.8, 4) is 5.75 Å². The summed E-state index contributed by atoms with van der Waals surface area (Å²) in [6.45, 7) is 0. The van der Waals surface area contributed by atoms with Crippen LogP contribution in [0.5, 0.6) is 5.75 Å². The van der Waals surface area contributed by atoms with E-state index >= 15 is 0 Å². The standard InChI is InChI=1S/C15H22ClNO/c1-18-14-10-12(8-9-13(14)16)15(17)11-6-4-2-3-5-7-11/h8-11,15H,2-7,17H2,1H3. The fourth-order valence-electron chi connectivity index (χ4n) is 2.83. The van der Waals surface area contributed by atoms with Crippen molar-refractivity contribution >= 4 is 11.6 Å². The molecule has 18 heavy (non-hydrogen) atoms. The Morgan fingerprint density at radius 3 is 2.50 bits per heavy atom. The van der Waals surface area contributed by atoms with Crippen LogP contribution in [0.2, 0.25) is 5.02 Å². The van der Waals surface area contributed by atoms with Gasteiger partial charge in [0.1, 0.15) is 5.75 Å². The van der Waals surface area contributed by atoms with Gasteiger partial charge in [-0.2, -0.15) is 0 Å². The van der Waals surface area contributed by atoms with Crippen molar-refractivity contribution in [3.63, 3.8) is 0 Å². The average molecular weight is 268 g/mol. The molecule has 0 saturated heterocycles. The van der Waals surface area contributed by atoms with Crippen LogP contribution in [0.1, 0.15) is 50.1 Å². The van der Waals surface area contributed by atoms with E-state index in [4.69, 9.17) is 22.1 Å². The highest BCUT2D eigenvalue weighted by molar-refractivity contribution is 6.32. The predicted octanol–water partition coefficient (Wildman–Crippen LogP) is 4.32. The first-order valence-corrected chi connectivity index (χ1v) is 7.19. The van der Waals surface area contributed by atoms with Gasteiger partial charge >= 0.3 is 0 Å². The van der Waals surface area contributed by atoms with Gasteiger partial charge in [-0.05, 0) is 36.5 Å². The molecule has 1 fully saturated rings. The summed E-state index contributed by atoms with van der Waals surface area (Å²) >= 11 is 6.05. The van der Waals surface area contributed by atoms with Crippen molar-refractivity contribution in [2.75, 3.05) is 7.11 Å². The van der Waals surface area contributed by atoms with Crippen molar-refractivity contribution < 1.29 is 4.74 Å². The summed E-state index contributed by atoms with van der Waals surface area (Å²) in [5.74, 6) is 1.32. The molecule has 2 nitrogen and oxygen atoms in total. The number of hydrogen-bond donors (Lipinski definition) is 1. The van der Waals surface area contributed by atoms with Crippen molar-refractivity contribution in [3.05, 3.63) is 28.8 Å². The number of benzene rings is 1. The third-order valence-corrected chi connectivity index (χ3v) is 4.28. The second-order valence-corrected chi connectivity index (χ2v) is 5.58. The monoisotopic (exact) mass is 267 g/mol. The van der Waals surface area contributed by atoms with Crippen LogP contribution in [0.15, 0.2) is 18.2 Å². The highest BCUT2D eigenvalue weighted by atomic mass is 35.5. The van der Waals surface area contributed by atoms with E-state index in [-0.39, 0.29) is 6.04 Å². The van der Waals surface area contributed by atoms with E-state index < -0.39 is 0 Å². The Morgan fingerprint density at radius 1 is 1.22 bits per heavy atom. The smallest absolute Gasteiger partial charge is 0.137 e. The van der Waals surface area contributed by atoms with Gasteiger partial charge in [-0.15, -0.1) is 0 Å². The van der Waals surface area contributed by atoms with Crippen molar-refractivity contribution in [2.24, 2.45) is 11.7 Å². The molecule has 0 radical (unpaired) electrons. The largest absolute Gasteiger partial charge is 0.495 e. The molecule has 1 aliphatic rings. The van der Waals surface area contributed by atoms with Crippen LogP contribution in [-0.2, 0) is 0 Å². The maximum Gasteiger partial charge on any atom is 0.137 e. The molecule has 0 spiro atoms. The second kappa shape index (κ2) is 6.44. The fourth-order valence-corrected chi connectivity index (χ4v) is 3.02. The van der Waals surface area contributed by atoms with Crippen LogP contribution in [-0.4, -0.2) is 7.11 Å². The molecule has 1 saturated carbocycles. The molecule has 100 valence electrons. The van der Waals surface area contributed by atoms with E-state index in [0.717, 1.165) is 11.3 Å². The lowest BCUT2D eigenvalue weighted by molar-refractivity contribution is 0.378. The maximum atomic E-state index is 6.41. The summed E-state index contributed by atoms with van der Waals surface area (Å²) in [6.07, 6.45) is 7.81. The van der Waals surface area contributed by atoms with Gasteiger partial charge in [0.25, 0.3) is 0 Å². The van der Waals surface area contributed by atoms with Crippen LogP contribution in [0, 0.1) is 5.92 Å². The van der Waals surface area contributed by atoms with E-state index in [9.17, 15) is 0 Å². The van der Waals surface area contributed by atoms with Crippen LogP contribution in [0.4, 0.5) is 0 Å². The summed E-state index contributed by atoms with van der Waals surface area (Å²) in [6, 6.07) is 6.00. The van der Waals surface area contributed by atoms with Gasteiger partial charge in [-0.25, -0.2) is 0 Å². The summed E-state index contributed by atoms with van der Waals surface area (Å²) in [5, 5.41) is 0.648. The molecule has 1 atom stereocenters. The number of methoxy groups -OCH3 is 1. The molecule has 3 heteroatoms. The molecule has 2 rings (SSSR count). The van der Waals surface area contributed by atoms with E-state index in [0.29, 0.717) is 10.9 Å². The summed E-state index contributed by atoms with van der Waals surface area (Å²) in [5.41, 5.74) is 7.56. The molecule has 0 aliphatic heterocycles. The SMILES string of the molecule is COc1cc(C(N)C2CCCCCC2)ccc1Cl. The van der Waals surface area contributed by atoms with Crippen LogP contribution >= 0.6 is 11.6 Å². The second-order valence-electron chi connectivity index (χ2n) is 5.17. The third kappa shape index (κ3) is 3.18. The molecule has 1 unspecified atom stereocenters. The zero-order chi connectivity index (χ0) is 13.0. The third-order valence-electron chi connectivity index (χ3n) is 3.97. The Bertz CT molecular complexity index is 386. The summed E-state index contributed by atoms with van der Waals surface area (Å²) in [4.78, 5) is 0. The first-order valence-electron chi connectivity index (χ1n) is 6.81. The number of nitrogens with two attached hydrogens (primary N) is 1. The lowest BCUT2D eigenvalue weighted by atomic mass is 9.88. The number of hydrogen-bond acceptors (Lipinski definition) is 2. The number of rotatable bonds is 3. The molecule has 0 amide bonds.